The van der Waals surface area contributed by atoms with Crippen LogP contribution in [0.25, 0.3) is 0 Å². The Hall–Kier alpha value is -1.18. The van der Waals surface area contributed by atoms with Crippen LogP contribution in [0.3, 0.4) is 0 Å². The first-order valence-corrected chi connectivity index (χ1v) is 7.36. The number of rotatable bonds is 8. The Morgan fingerprint density at radius 2 is 2.17 bits per heavy atom. The molecule has 1 N–H and O–H groups in total. The van der Waals surface area contributed by atoms with Crippen LogP contribution in [0.4, 0.5) is 5.69 Å². The third-order valence-corrected chi connectivity index (χ3v) is 3.48. The molecule has 0 atom stereocenters. The summed E-state index contributed by atoms with van der Waals surface area (Å²) in [5.41, 5.74) is 1.69. The van der Waals surface area contributed by atoms with E-state index in [9.17, 15) is 5.26 Å². The lowest BCUT2D eigenvalue weighted by atomic mass is 10.2. The average Bonchev–Trinajstić information content (AvgIpc) is 2.42. The maximum absolute atomic E-state index is 9.18. The summed E-state index contributed by atoms with van der Waals surface area (Å²) in [4.78, 5) is 1.03. The summed E-state index contributed by atoms with van der Waals surface area (Å²) in [6.45, 7) is 1.72. The molecule has 1 rings (SSSR count). The van der Waals surface area contributed by atoms with E-state index in [0.29, 0.717) is 0 Å². The van der Waals surface area contributed by atoms with Gasteiger partial charge in [-0.25, -0.2) is 0 Å². The second-order valence-corrected chi connectivity index (χ2v) is 4.82. The number of unbranched alkanes of at least 4 members (excludes halogenated alkanes) is 2. The smallest absolute Gasteiger partial charge is 0.102 e. The molecular weight excluding hydrogens is 244 g/mol. The largest absolute Gasteiger partial charge is 0.385 e. The highest BCUT2D eigenvalue weighted by molar-refractivity contribution is 7.98. The number of thioether (sulfide) groups is 1. The number of nitrogens with one attached hydrogen (secondary N) is 1. The van der Waals surface area contributed by atoms with Crippen LogP contribution < -0.4 is 5.32 Å². The van der Waals surface area contributed by atoms with Gasteiger partial charge in [0.1, 0.15) is 6.07 Å². The average molecular weight is 264 g/mol. The van der Waals surface area contributed by atoms with E-state index in [1.54, 1.807) is 18.9 Å². The number of hydrogen-bond acceptors (Lipinski definition) is 4. The van der Waals surface area contributed by atoms with Gasteiger partial charge >= 0.3 is 0 Å². The monoisotopic (exact) mass is 264 g/mol. The molecule has 0 aliphatic rings. The number of hydrogen-bond donors (Lipinski definition) is 1. The van der Waals surface area contributed by atoms with Gasteiger partial charge in [0.15, 0.2) is 0 Å². The topological polar surface area (TPSA) is 45.0 Å². The van der Waals surface area contributed by atoms with Gasteiger partial charge in [0.05, 0.1) is 11.3 Å². The minimum absolute atomic E-state index is 0.752. The van der Waals surface area contributed by atoms with Crippen molar-refractivity contribution in [3.63, 3.8) is 0 Å². The van der Waals surface area contributed by atoms with Gasteiger partial charge < -0.3 is 10.1 Å². The van der Waals surface area contributed by atoms with Crippen LogP contribution in [0.1, 0.15) is 24.8 Å². The summed E-state index contributed by atoms with van der Waals surface area (Å²) in [5, 5.41) is 12.5. The molecule has 98 valence electrons. The fourth-order valence-electron chi connectivity index (χ4n) is 1.74. The third-order valence-electron chi connectivity index (χ3n) is 2.70. The number of nitriles is 1. The zero-order valence-electron chi connectivity index (χ0n) is 11.0. The Morgan fingerprint density at radius 1 is 1.33 bits per heavy atom. The van der Waals surface area contributed by atoms with Crippen LogP contribution in [0.2, 0.25) is 0 Å². The number of anilines is 1. The molecule has 0 spiro atoms. The van der Waals surface area contributed by atoms with Crippen LogP contribution in [-0.2, 0) is 4.74 Å². The molecule has 0 heterocycles. The van der Waals surface area contributed by atoms with Crippen LogP contribution in [0.5, 0.6) is 0 Å². The molecule has 0 aliphatic heterocycles. The molecule has 0 saturated heterocycles. The van der Waals surface area contributed by atoms with E-state index in [2.05, 4.69) is 11.4 Å². The Labute approximate surface area is 114 Å². The number of ether oxygens (including phenoxy) is 1. The maximum atomic E-state index is 9.18. The van der Waals surface area contributed by atoms with E-state index in [-0.39, 0.29) is 0 Å². The van der Waals surface area contributed by atoms with Crippen LogP contribution in [-0.4, -0.2) is 26.5 Å². The lowest BCUT2D eigenvalue weighted by molar-refractivity contribution is 0.192. The van der Waals surface area contributed by atoms with Crippen molar-refractivity contribution in [1.29, 1.82) is 5.26 Å². The standard InChI is InChI=1S/C14H20N2OS/c1-17-10-5-3-4-9-16-13-7-6-8-14(18-2)12(13)11-15/h6-8,16H,3-5,9-10H2,1-2H3. The highest BCUT2D eigenvalue weighted by atomic mass is 32.2. The van der Waals surface area contributed by atoms with Crippen molar-refractivity contribution in [2.75, 3.05) is 31.8 Å². The molecule has 4 heteroatoms. The molecule has 0 aliphatic carbocycles. The number of methoxy groups -OCH3 is 1. The van der Waals surface area contributed by atoms with E-state index < -0.39 is 0 Å². The minimum Gasteiger partial charge on any atom is -0.385 e. The zero-order chi connectivity index (χ0) is 13.2. The van der Waals surface area contributed by atoms with E-state index >= 15 is 0 Å². The highest BCUT2D eigenvalue weighted by Crippen LogP contribution is 2.26. The number of benzene rings is 1. The van der Waals surface area contributed by atoms with E-state index in [0.717, 1.165) is 48.6 Å². The third kappa shape index (κ3) is 4.59. The molecule has 0 unspecified atom stereocenters. The molecule has 0 radical (unpaired) electrons. The highest BCUT2D eigenvalue weighted by Gasteiger charge is 2.06. The summed E-state index contributed by atoms with van der Waals surface area (Å²) in [6.07, 6.45) is 5.32. The van der Waals surface area contributed by atoms with Crippen molar-refractivity contribution in [1.82, 2.24) is 0 Å². The molecule has 1 aromatic rings. The second kappa shape index (κ2) is 8.84. The maximum Gasteiger partial charge on any atom is 0.102 e. The molecule has 3 nitrogen and oxygen atoms in total. The summed E-state index contributed by atoms with van der Waals surface area (Å²) in [5.74, 6) is 0. The van der Waals surface area contributed by atoms with Crippen LogP contribution in [0, 0.1) is 11.3 Å². The molecule has 0 fully saturated rings. The molecule has 1 aromatic carbocycles. The van der Waals surface area contributed by atoms with Crippen molar-refractivity contribution in [3.8, 4) is 6.07 Å². The summed E-state index contributed by atoms with van der Waals surface area (Å²) < 4.78 is 5.01. The Morgan fingerprint density at radius 3 is 2.83 bits per heavy atom. The first kappa shape index (κ1) is 14.9. The van der Waals surface area contributed by atoms with Gasteiger partial charge in [-0.3, -0.25) is 0 Å². The summed E-state index contributed by atoms with van der Waals surface area (Å²) in [6, 6.07) is 8.20. The fraction of sp³-hybridized carbons (Fsp3) is 0.500. The first-order chi connectivity index (χ1) is 8.83. The SMILES string of the molecule is COCCCCCNc1cccc(SC)c1C#N. The predicted octanol–water partition coefficient (Wildman–Crippen LogP) is 3.51. The molecular formula is C14H20N2OS. The lowest BCUT2D eigenvalue weighted by Crippen LogP contribution is -2.04. The second-order valence-electron chi connectivity index (χ2n) is 3.97. The Balaban J connectivity index is 2.45. The van der Waals surface area contributed by atoms with Crippen molar-refractivity contribution in [2.45, 2.75) is 24.2 Å². The fourth-order valence-corrected chi connectivity index (χ4v) is 2.31. The van der Waals surface area contributed by atoms with Gasteiger partial charge in [-0.05, 0) is 37.7 Å². The summed E-state index contributed by atoms with van der Waals surface area (Å²) >= 11 is 1.61. The molecule has 18 heavy (non-hydrogen) atoms. The van der Waals surface area contributed by atoms with Crippen molar-refractivity contribution < 1.29 is 4.74 Å². The van der Waals surface area contributed by atoms with Gasteiger partial charge in [-0.1, -0.05) is 6.07 Å². The van der Waals surface area contributed by atoms with Gasteiger partial charge in [0.25, 0.3) is 0 Å². The number of nitrogens with zero attached hydrogens (tertiary/aromatic N) is 1. The van der Waals surface area contributed by atoms with Crippen LogP contribution >= 0.6 is 11.8 Å². The molecule has 0 bridgehead atoms. The van der Waals surface area contributed by atoms with Gasteiger partial charge in [0.2, 0.25) is 0 Å². The molecule has 0 aromatic heterocycles. The van der Waals surface area contributed by atoms with Gasteiger partial charge in [-0.2, -0.15) is 5.26 Å². The van der Waals surface area contributed by atoms with E-state index in [1.807, 2.05) is 24.5 Å². The molecule has 0 saturated carbocycles. The van der Waals surface area contributed by atoms with Crippen molar-refractivity contribution in [3.05, 3.63) is 23.8 Å². The summed E-state index contributed by atoms with van der Waals surface area (Å²) in [7, 11) is 1.73. The molecule has 0 amide bonds. The van der Waals surface area contributed by atoms with Crippen molar-refractivity contribution >= 4 is 17.4 Å². The van der Waals surface area contributed by atoms with Crippen LogP contribution in [0.15, 0.2) is 23.1 Å². The van der Waals surface area contributed by atoms with Gasteiger partial charge in [0, 0.05) is 25.2 Å². The van der Waals surface area contributed by atoms with Gasteiger partial charge in [-0.15, -0.1) is 11.8 Å². The zero-order valence-corrected chi connectivity index (χ0v) is 11.8. The first-order valence-electron chi connectivity index (χ1n) is 6.13. The lowest BCUT2D eigenvalue weighted by Gasteiger charge is -2.10. The van der Waals surface area contributed by atoms with E-state index in [4.69, 9.17) is 4.74 Å². The minimum atomic E-state index is 0.752. The van der Waals surface area contributed by atoms with E-state index in [1.165, 1.54) is 0 Å². The van der Waals surface area contributed by atoms with Crippen molar-refractivity contribution in [2.24, 2.45) is 0 Å². The Kier molecular flexibility index (Phi) is 7.31. The predicted molar refractivity (Wildman–Crippen MR) is 77.2 cm³/mol. The normalized spacial score (nSPS) is 10.1. The Bertz CT molecular complexity index is 401. The quantitative estimate of drug-likeness (QED) is 0.576.